The summed E-state index contributed by atoms with van der Waals surface area (Å²) in [5.74, 6) is 1.70. The van der Waals surface area contributed by atoms with Crippen LogP contribution in [0.2, 0.25) is 0 Å². The van der Waals surface area contributed by atoms with Crippen molar-refractivity contribution in [3.05, 3.63) is 48.5 Å². The fourth-order valence-corrected chi connectivity index (χ4v) is 3.18. The maximum atomic E-state index is 5.57. The van der Waals surface area contributed by atoms with Crippen LogP contribution in [-0.4, -0.2) is 50.4 Å². The third-order valence-electron chi connectivity index (χ3n) is 4.31. The Morgan fingerprint density at radius 2 is 1.56 bits per heavy atom. The van der Waals surface area contributed by atoms with Crippen molar-refractivity contribution in [2.24, 2.45) is 0 Å². The fraction of sp³-hybridized carbons (Fsp3) is 0.316. The van der Waals surface area contributed by atoms with Crippen molar-refractivity contribution in [2.45, 2.75) is 0 Å². The van der Waals surface area contributed by atoms with E-state index in [1.807, 2.05) is 36.4 Å². The molecular weight excluding hydrogens is 334 g/mol. The molecule has 25 heavy (non-hydrogen) atoms. The first kappa shape index (κ1) is 17.4. The second kappa shape index (κ2) is 8.07. The third-order valence-corrected chi connectivity index (χ3v) is 4.67. The Kier molecular flexibility index (Phi) is 5.60. The van der Waals surface area contributed by atoms with Crippen LogP contribution in [0, 0.1) is 0 Å². The summed E-state index contributed by atoms with van der Waals surface area (Å²) in [6, 6.07) is 16.0. The van der Waals surface area contributed by atoms with Crippen molar-refractivity contribution in [1.82, 2.24) is 4.90 Å². The lowest BCUT2D eigenvalue weighted by atomic mass is 10.2. The molecule has 1 fully saturated rings. The predicted molar refractivity (Wildman–Crippen MR) is 106 cm³/mol. The van der Waals surface area contributed by atoms with Gasteiger partial charge in [0.25, 0.3) is 0 Å². The number of benzene rings is 2. The second-order valence-corrected chi connectivity index (χ2v) is 6.22. The standard InChI is InChI=1S/C19H23N3O2S/c1-23-17-7-3-5-15(13-17)20-19(25)22-11-9-21(10-12-22)16-6-4-8-18(14-16)24-2/h3-8,13-14H,9-12H2,1-2H3,(H,20,25). The largest absolute Gasteiger partial charge is 0.497 e. The van der Waals surface area contributed by atoms with E-state index >= 15 is 0 Å². The summed E-state index contributed by atoms with van der Waals surface area (Å²) < 4.78 is 10.6. The number of anilines is 2. The Hall–Kier alpha value is -2.47. The first-order chi connectivity index (χ1) is 12.2. The van der Waals surface area contributed by atoms with E-state index in [0.717, 1.165) is 48.5 Å². The normalized spacial score (nSPS) is 14.2. The summed E-state index contributed by atoms with van der Waals surface area (Å²) in [5, 5.41) is 4.05. The Labute approximate surface area is 154 Å². The maximum absolute atomic E-state index is 5.57. The number of rotatable bonds is 4. The van der Waals surface area contributed by atoms with Crippen molar-refractivity contribution < 1.29 is 9.47 Å². The quantitative estimate of drug-likeness (QED) is 0.847. The Morgan fingerprint density at radius 1 is 0.920 bits per heavy atom. The van der Waals surface area contributed by atoms with Gasteiger partial charge >= 0.3 is 0 Å². The van der Waals surface area contributed by atoms with Crippen LogP contribution >= 0.6 is 12.2 Å². The van der Waals surface area contributed by atoms with Gasteiger partial charge in [0.15, 0.2) is 5.11 Å². The molecule has 2 aromatic carbocycles. The molecule has 132 valence electrons. The number of piperazine rings is 1. The highest BCUT2D eigenvalue weighted by molar-refractivity contribution is 7.80. The molecule has 0 aliphatic carbocycles. The fourth-order valence-electron chi connectivity index (χ4n) is 2.88. The summed E-state index contributed by atoms with van der Waals surface area (Å²) in [4.78, 5) is 4.55. The Balaban J connectivity index is 1.57. The minimum atomic E-state index is 0.749. The summed E-state index contributed by atoms with van der Waals surface area (Å²) in [6.07, 6.45) is 0. The van der Waals surface area contributed by atoms with Crippen LogP contribution in [0.25, 0.3) is 0 Å². The van der Waals surface area contributed by atoms with Crippen LogP contribution in [0.1, 0.15) is 0 Å². The molecule has 5 nitrogen and oxygen atoms in total. The highest BCUT2D eigenvalue weighted by Gasteiger charge is 2.19. The van der Waals surface area contributed by atoms with Gasteiger partial charge in [0.2, 0.25) is 0 Å². The van der Waals surface area contributed by atoms with E-state index < -0.39 is 0 Å². The number of methoxy groups -OCH3 is 2. The van der Waals surface area contributed by atoms with Crippen LogP contribution in [0.4, 0.5) is 11.4 Å². The van der Waals surface area contributed by atoms with E-state index in [9.17, 15) is 0 Å². The molecule has 0 radical (unpaired) electrons. The molecule has 1 N–H and O–H groups in total. The van der Waals surface area contributed by atoms with Gasteiger partial charge in [-0.1, -0.05) is 12.1 Å². The molecule has 0 saturated carbocycles. The zero-order valence-corrected chi connectivity index (χ0v) is 15.4. The minimum absolute atomic E-state index is 0.749. The van der Waals surface area contributed by atoms with E-state index in [1.165, 1.54) is 5.69 Å². The molecule has 1 aliphatic rings. The Bertz CT molecular complexity index is 730. The molecule has 0 amide bonds. The van der Waals surface area contributed by atoms with Gasteiger partial charge in [-0.15, -0.1) is 0 Å². The highest BCUT2D eigenvalue weighted by atomic mass is 32.1. The minimum Gasteiger partial charge on any atom is -0.497 e. The first-order valence-corrected chi connectivity index (χ1v) is 8.69. The Morgan fingerprint density at radius 3 is 2.24 bits per heavy atom. The highest BCUT2D eigenvalue weighted by Crippen LogP contribution is 2.22. The number of ether oxygens (including phenoxy) is 2. The zero-order valence-electron chi connectivity index (χ0n) is 14.6. The molecule has 1 heterocycles. The van der Waals surface area contributed by atoms with Crippen LogP contribution in [0.5, 0.6) is 11.5 Å². The van der Waals surface area contributed by atoms with Gasteiger partial charge in [0.1, 0.15) is 11.5 Å². The molecule has 0 atom stereocenters. The van der Waals surface area contributed by atoms with Gasteiger partial charge in [-0.3, -0.25) is 0 Å². The van der Waals surface area contributed by atoms with Crippen LogP contribution in [-0.2, 0) is 0 Å². The topological polar surface area (TPSA) is 37.0 Å². The number of nitrogens with one attached hydrogen (secondary N) is 1. The third kappa shape index (κ3) is 4.33. The number of thiocarbonyl (C=S) groups is 1. The van der Waals surface area contributed by atoms with Gasteiger partial charge in [0, 0.05) is 49.7 Å². The molecule has 2 aromatic rings. The van der Waals surface area contributed by atoms with Gasteiger partial charge in [-0.05, 0) is 36.5 Å². The molecule has 0 unspecified atom stereocenters. The summed E-state index contributed by atoms with van der Waals surface area (Å²) in [6.45, 7) is 3.61. The first-order valence-electron chi connectivity index (χ1n) is 8.28. The smallest absolute Gasteiger partial charge is 0.173 e. The molecule has 0 aromatic heterocycles. The molecule has 6 heteroatoms. The van der Waals surface area contributed by atoms with E-state index in [-0.39, 0.29) is 0 Å². The van der Waals surface area contributed by atoms with Crippen LogP contribution in [0.15, 0.2) is 48.5 Å². The summed E-state index contributed by atoms with van der Waals surface area (Å²) in [7, 11) is 3.36. The number of nitrogens with zero attached hydrogens (tertiary/aromatic N) is 2. The molecule has 3 rings (SSSR count). The number of hydrogen-bond donors (Lipinski definition) is 1. The predicted octanol–water partition coefficient (Wildman–Crippen LogP) is 3.22. The molecular formula is C19H23N3O2S. The van der Waals surface area contributed by atoms with Crippen molar-refractivity contribution in [3.63, 3.8) is 0 Å². The van der Waals surface area contributed by atoms with Crippen molar-refractivity contribution in [1.29, 1.82) is 0 Å². The van der Waals surface area contributed by atoms with E-state index in [4.69, 9.17) is 21.7 Å². The van der Waals surface area contributed by atoms with E-state index in [2.05, 4.69) is 27.2 Å². The van der Waals surface area contributed by atoms with Crippen molar-refractivity contribution in [3.8, 4) is 11.5 Å². The molecule has 1 aliphatic heterocycles. The summed E-state index contributed by atoms with van der Waals surface area (Å²) in [5.41, 5.74) is 2.13. The van der Waals surface area contributed by atoms with Gasteiger partial charge < -0.3 is 24.6 Å². The average molecular weight is 357 g/mol. The van der Waals surface area contributed by atoms with Gasteiger partial charge in [-0.25, -0.2) is 0 Å². The second-order valence-electron chi connectivity index (χ2n) is 5.84. The molecule has 0 spiro atoms. The molecule has 0 bridgehead atoms. The molecule has 1 saturated heterocycles. The lowest BCUT2D eigenvalue weighted by molar-refractivity contribution is 0.389. The monoisotopic (exact) mass is 357 g/mol. The summed E-state index contributed by atoms with van der Waals surface area (Å²) >= 11 is 5.57. The van der Waals surface area contributed by atoms with E-state index in [0.29, 0.717) is 0 Å². The van der Waals surface area contributed by atoms with Crippen molar-refractivity contribution in [2.75, 3.05) is 50.6 Å². The van der Waals surface area contributed by atoms with Crippen molar-refractivity contribution >= 4 is 28.7 Å². The zero-order chi connectivity index (χ0) is 17.6. The maximum Gasteiger partial charge on any atom is 0.173 e. The van der Waals surface area contributed by atoms with Crippen LogP contribution < -0.4 is 19.7 Å². The lowest BCUT2D eigenvalue weighted by Crippen LogP contribution is -2.50. The average Bonchev–Trinajstić information content (AvgIpc) is 2.68. The van der Waals surface area contributed by atoms with Gasteiger partial charge in [0.05, 0.1) is 14.2 Å². The van der Waals surface area contributed by atoms with Crippen LogP contribution in [0.3, 0.4) is 0 Å². The van der Waals surface area contributed by atoms with Gasteiger partial charge in [-0.2, -0.15) is 0 Å². The lowest BCUT2D eigenvalue weighted by Gasteiger charge is -2.37. The van der Waals surface area contributed by atoms with E-state index in [1.54, 1.807) is 14.2 Å². The SMILES string of the molecule is COc1cccc(NC(=S)N2CCN(c3cccc(OC)c3)CC2)c1. The number of hydrogen-bond acceptors (Lipinski definition) is 4.